The van der Waals surface area contributed by atoms with E-state index in [0.717, 1.165) is 36.3 Å². The van der Waals surface area contributed by atoms with E-state index < -0.39 is 17.1 Å². The van der Waals surface area contributed by atoms with Crippen LogP contribution in [-0.2, 0) is 16.2 Å². The van der Waals surface area contributed by atoms with Crippen molar-refractivity contribution < 1.29 is 14.3 Å². The van der Waals surface area contributed by atoms with Gasteiger partial charge in [-0.25, -0.2) is 4.90 Å². The molecule has 1 saturated heterocycles. The number of carbonyl (C=O) groups excluding carboxylic acids is 2. The smallest absolute Gasteiger partial charge is 0.305 e. The lowest BCUT2D eigenvalue weighted by Crippen LogP contribution is -2.32. The normalized spacial score (nSPS) is 20.4. The highest BCUT2D eigenvalue weighted by Crippen LogP contribution is 2.54. The molecule has 4 aromatic rings. The summed E-state index contributed by atoms with van der Waals surface area (Å²) >= 11 is 15.4. The van der Waals surface area contributed by atoms with Gasteiger partial charge in [0.15, 0.2) is 0 Å². The molecule has 192 valence electrons. The molecule has 6 rings (SSSR count). The number of aromatic amines is 1. The van der Waals surface area contributed by atoms with Crippen LogP contribution in [0, 0.1) is 5.92 Å². The third kappa shape index (κ3) is 4.66. The molecule has 0 radical (unpaired) electrons. The molecule has 3 atom stereocenters. The maximum atomic E-state index is 14.0. The Morgan fingerprint density at radius 1 is 0.947 bits per heavy atom. The highest BCUT2D eigenvalue weighted by molar-refractivity contribution is 9.10. The third-order valence-corrected chi connectivity index (χ3v) is 10.2. The Hall–Kier alpha value is -2.37. The van der Waals surface area contributed by atoms with Crippen LogP contribution in [0.25, 0.3) is 0 Å². The second kappa shape index (κ2) is 10.3. The molecule has 0 bridgehead atoms. The van der Waals surface area contributed by atoms with Gasteiger partial charge in [0.05, 0.1) is 16.6 Å². The van der Waals surface area contributed by atoms with Crippen molar-refractivity contribution in [2.75, 3.05) is 4.90 Å². The van der Waals surface area contributed by atoms with Gasteiger partial charge in [-0.1, -0.05) is 78.7 Å². The first kappa shape index (κ1) is 25.9. The molecule has 1 fully saturated rings. The van der Waals surface area contributed by atoms with Crippen LogP contribution in [-0.4, -0.2) is 22.0 Å². The minimum absolute atomic E-state index is 0.228. The number of imide groups is 1. The lowest BCUT2D eigenvalue weighted by atomic mass is 9.82. The van der Waals surface area contributed by atoms with Gasteiger partial charge < -0.3 is 9.72 Å². The first-order valence-corrected chi connectivity index (χ1v) is 15.2. The minimum Gasteiger partial charge on any atom is -0.489 e. The maximum Gasteiger partial charge on any atom is 0.305 e. The topological polar surface area (TPSA) is 79.5 Å². The fraction of sp³-hybridized carbons (Fsp3) is 0.148. The Balaban J connectivity index is 1.45. The van der Waals surface area contributed by atoms with E-state index in [1.165, 1.54) is 16.7 Å². The number of benzene rings is 3. The van der Waals surface area contributed by atoms with Crippen LogP contribution >= 0.6 is 66.6 Å². The van der Waals surface area contributed by atoms with Gasteiger partial charge in [-0.05, 0) is 60.2 Å². The van der Waals surface area contributed by atoms with E-state index in [4.69, 9.17) is 16.3 Å². The number of fused-ring (bicyclic) bond motifs is 2. The molecule has 2 aliphatic rings. The van der Waals surface area contributed by atoms with Crippen LogP contribution in [0.4, 0.5) is 5.69 Å². The van der Waals surface area contributed by atoms with Crippen molar-refractivity contribution >= 4 is 84.1 Å². The van der Waals surface area contributed by atoms with Gasteiger partial charge in [0.1, 0.15) is 17.6 Å². The molecule has 3 aromatic carbocycles. The van der Waals surface area contributed by atoms with E-state index in [0.29, 0.717) is 21.5 Å². The molecule has 2 amide bonds. The number of nitrogens with zero attached hydrogens (tertiary/aromatic N) is 1. The minimum atomic E-state index is -0.710. The number of anilines is 1. The summed E-state index contributed by atoms with van der Waals surface area (Å²) in [5.41, 5.74) is 2.14. The first-order valence-electron chi connectivity index (χ1n) is 11.5. The van der Waals surface area contributed by atoms with Gasteiger partial charge in [0.2, 0.25) is 11.8 Å². The number of H-pyrrole nitrogens is 1. The third-order valence-electron chi connectivity index (χ3n) is 6.50. The molecular formula is C27H17Br2ClN2O4S2. The molecule has 0 saturated carbocycles. The Labute approximate surface area is 247 Å². The van der Waals surface area contributed by atoms with Gasteiger partial charge in [0, 0.05) is 30.3 Å². The van der Waals surface area contributed by atoms with Crippen LogP contribution in [0.1, 0.15) is 21.9 Å². The Morgan fingerprint density at radius 2 is 1.71 bits per heavy atom. The number of halogens is 3. The fourth-order valence-electron chi connectivity index (χ4n) is 4.88. The summed E-state index contributed by atoms with van der Waals surface area (Å²) in [6.07, 6.45) is 0. The molecule has 3 heterocycles. The van der Waals surface area contributed by atoms with E-state index in [9.17, 15) is 14.4 Å². The van der Waals surface area contributed by atoms with Crippen molar-refractivity contribution in [2.45, 2.75) is 22.8 Å². The van der Waals surface area contributed by atoms with Crippen molar-refractivity contribution in [3.05, 3.63) is 106 Å². The van der Waals surface area contributed by atoms with E-state index >= 15 is 0 Å². The van der Waals surface area contributed by atoms with Gasteiger partial charge >= 0.3 is 4.87 Å². The SMILES string of the molecule is O=C1[C@H]2[C@H](c3cc(Br)ccc3OCc3cccc(Cl)c3)c3sc(=O)[nH]c3S[C@H]2C(=O)N1c1ccc(Br)cc1. The molecule has 1 aromatic heterocycles. The van der Waals surface area contributed by atoms with Gasteiger partial charge in [-0.2, -0.15) is 0 Å². The summed E-state index contributed by atoms with van der Waals surface area (Å²) in [6.45, 7) is 0.263. The molecule has 2 aliphatic heterocycles. The zero-order valence-electron chi connectivity index (χ0n) is 19.3. The monoisotopic (exact) mass is 690 g/mol. The Bertz CT molecular complexity index is 1640. The van der Waals surface area contributed by atoms with E-state index in [-0.39, 0.29) is 23.3 Å². The number of ether oxygens (including phenoxy) is 1. The summed E-state index contributed by atoms with van der Waals surface area (Å²) in [5.74, 6) is -1.29. The number of thiazole rings is 1. The summed E-state index contributed by atoms with van der Waals surface area (Å²) in [4.78, 5) is 44.7. The number of hydrogen-bond acceptors (Lipinski definition) is 6. The molecule has 0 spiro atoms. The second-order valence-corrected chi connectivity index (χ2v) is 13.3. The number of amides is 2. The van der Waals surface area contributed by atoms with Gasteiger partial charge in [0.25, 0.3) is 0 Å². The predicted octanol–water partition coefficient (Wildman–Crippen LogP) is 6.99. The van der Waals surface area contributed by atoms with Crippen LogP contribution < -0.4 is 14.5 Å². The average molecular weight is 693 g/mol. The van der Waals surface area contributed by atoms with Crippen molar-refractivity contribution in [3.63, 3.8) is 0 Å². The van der Waals surface area contributed by atoms with Gasteiger partial charge in [-0.3, -0.25) is 14.4 Å². The summed E-state index contributed by atoms with van der Waals surface area (Å²) in [6, 6.07) is 20.1. The molecule has 0 aliphatic carbocycles. The van der Waals surface area contributed by atoms with E-state index in [1.807, 2.05) is 36.4 Å². The van der Waals surface area contributed by atoms with Crippen molar-refractivity contribution in [3.8, 4) is 5.75 Å². The maximum absolute atomic E-state index is 14.0. The van der Waals surface area contributed by atoms with Crippen molar-refractivity contribution in [2.24, 2.45) is 5.92 Å². The fourth-order valence-corrected chi connectivity index (χ4v) is 8.24. The Morgan fingerprint density at radius 3 is 2.47 bits per heavy atom. The zero-order chi connectivity index (χ0) is 26.6. The molecule has 0 unspecified atom stereocenters. The average Bonchev–Trinajstić information content (AvgIpc) is 3.38. The summed E-state index contributed by atoms with van der Waals surface area (Å²) in [5, 5.41) is 0.540. The van der Waals surface area contributed by atoms with Crippen molar-refractivity contribution in [1.82, 2.24) is 4.98 Å². The lowest BCUT2D eigenvalue weighted by molar-refractivity contribution is -0.122. The van der Waals surface area contributed by atoms with Crippen LogP contribution in [0.15, 0.2) is 85.5 Å². The summed E-state index contributed by atoms with van der Waals surface area (Å²) in [7, 11) is 0. The van der Waals surface area contributed by atoms with Crippen LogP contribution in [0.3, 0.4) is 0 Å². The number of aromatic nitrogens is 1. The standard InChI is InChI=1S/C27H17Br2ClN2O4S2/c28-14-4-7-17(8-5-14)32-25(33)21-20(22-24(31-27(35)38-22)37-23(21)26(32)34)18-11-15(29)6-9-19(18)36-12-13-2-1-3-16(30)10-13/h1-11,20-21,23H,12H2,(H,31,35)/t20-,21-,23+/m0/s1. The molecule has 11 heteroatoms. The zero-order valence-corrected chi connectivity index (χ0v) is 24.9. The highest BCUT2D eigenvalue weighted by Gasteiger charge is 2.56. The number of rotatable bonds is 5. The quantitative estimate of drug-likeness (QED) is 0.228. The number of carbonyl (C=O) groups is 2. The number of nitrogens with one attached hydrogen (secondary N) is 1. The number of hydrogen-bond donors (Lipinski definition) is 1. The summed E-state index contributed by atoms with van der Waals surface area (Å²) < 4.78 is 7.90. The lowest BCUT2D eigenvalue weighted by Gasteiger charge is -2.31. The second-order valence-electron chi connectivity index (χ2n) is 8.84. The molecule has 38 heavy (non-hydrogen) atoms. The Kier molecular flexibility index (Phi) is 7.02. The van der Waals surface area contributed by atoms with E-state index in [1.54, 1.807) is 30.3 Å². The molecule has 6 nitrogen and oxygen atoms in total. The van der Waals surface area contributed by atoms with E-state index in [2.05, 4.69) is 36.8 Å². The molecule has 1 N–H and O–H groups in total. The van der Waals surface area contributed by atoms with Crippen LogP contribution in [0.2, 0.25) is 5.02 Å². The van der Waals surface area contributed by atoms with Crippen LogP contribution in [0.5, 0.6) is 5.75 Å². The molecular weight excluding hydrogens is 676 g/mol. The number of thioether (sulfide) groups is 1. The first-order chi connectivity index (χ1) is 18.3. The van der Waals surface area contributed by atoms with Crippen molar-refractivity contribution in [1.29, 1.82) is 0 Å². The largest absolute Gasteiger partial charge is 0.489 e. The predicted molar refractivity (Wildman–Crippen MR) is 156 cm³/mol. The highest BCUT2D eigenvalue weighted by atomic mass is 79.9. The van der Waals surface area contributed by atoms with Gasteiger partial charge in [-0.15, -0.1) is 0 Å².